The number of methoxy groups -OCH3 is 1. The second kappa shape index (κ2) is 6.74. The van der Waals surface area contributed by atoms with Crippen LogP contribution in [0.1, 0.15) is 18.4 Å². The molecule has 0 spiro atoms. The first-order chi connectivity index (χ1) is 11.6. The molecule has 0 aromatic heterocycles. The Kier molecular flexibility index (Phi) is 4.51. The number of esters is 1. The van der Waals surface area contributed by atoms with E-state index in [2.05, 4.69) is 5.32 Å². The molecule has 0 bridgehead atoms. The molecule has 2 aromatic rings. The zero-order valence-corrected chi connectivity index (χ0v) is 13.5. The first kappa shape index (κ1) is 16.1. The van der Waals surface area contributed by atoms with Crippen LogP contribution in [0.2, 0.25) is 0 Å². The van der Waals surface area contributed by atoms with Crippen LogP contribution >= 0.6 is 0 Å². The number of benzene rings is 2. The molecule has 1 N–H and O–H groups in total. The number of carbonyl (C=O) groups excluding carboxylic acids is 2. The Bertz CT molecular complexity index is 721. The molecule has 0 unspecified atom stereocenters. The summed E-state index contributed by atoms with van der Waals surface area (Å²) in [4.78, 5) is 24.3. The number of ether oxygens (including phenoxy) is 2. The second-order valence-electron chi connectivity index (χ2n) is 5.80. The van der Waals surface area contributed by atoms with Crippen molar-refractivity contribution in [1.29, 1.82) is 0 Å². The summed E-state index contributed by atoms with van der Waals surface area (Å²) >= 11 is 0. The molecule has 1 aliphatic carbocycles. The van der Waals surface area contributed by atoms with Gasteiger partial charge in [-0.2, -0.15) is 0 Å². The van der Waals surface area contributed by atoms with E-state index in [9.17, 15) is 9.59 Å². The maximum Gasteiger partial charge on any atom is 0.317 e. The lowest BCUT2D eigenvalue weighted by atomic mass is 9.96. The lowest BCUT2D eigenvalue weighted by molar-refractivity contribution is -0.150. The van der Waals surface area contributed by atoms with Crippen LogP contribution in [0.5, 0.6) is 5.75 Å². The van der Waals surface area contributed by atoms with E-state index in [1.165, 1.54) is 0 Å². The van der Waals surface area contributed by atoms with Crippen LogP contribution < -0.4 is 10.1 Å². The third-order valence-corrected chi connectivity index (χ3v) is 4.18. The molecule has 0 heterocycles. The van der Waals surface area contributed by atoms with E-state index in [0.717, 1.165) is 18.4 Å². The van der Waals surface area contributed by atoms with Gasteiger partial charge in [0.15, 0.2) is 6.61 Å². The van der Waals surface area contributed by atoms with Gasteiger partial charge in [-0.1, -0.05) is 30.3 Å². The standard InChI is InChI=1S/C19H19NO4/c1-23-16-9-7-15(8-10-16)20-17(21)13-24-18(22)19(11-12-19)14-5-3-2-4-6-14/h2-10H,11-13H2,1H3,(H,20,21). The number of hydrogen-bond acceptors (Lipinski definition) is 4. The summed E-state index contributed by atoms with van der Waals surface area (Å²) in [6.45, 7) is -0.292. The van der Waals surface area contributed by atoms with E-state index in [1.807, 2.05) is 30.3 Å². The monoisotopic (exact) mass is 325 g/mol. The summed E-state index contributed by atoms with van der Waals surface area (Å²) < 4.78 is 10.3. The summed E-state index contributed by atoms with van der Waals surface area (Å²) in [5, 5.41) is 2.69. The van der Waals surface area contributed by atoms with E-state index >= 15 is 0 Å². The fourth-order valence-electron chi connectivity index (χ4n) is 2.63. The summed E-state index contributed by atoms with van der Waals surface area (Å²) in [6, 6.07) is 16.5. The summed E-state index contributed by atoms with van der Waals surface area (Å²) in [5.41, 5.74) is 1.01. The second-order valence-corrected chi connectivity index (χ2v) is 5.80. The highest BCUT2D eigenvalue weighted by molar-refractivity contribution is 5.94. The first-order valence-corrected chi connectivity index (χ1v) is 7.81. The molecule has 5 nitrogen and oxygen atoms in total. The van der Waals surface area contributed by atoms with Gasteiger partial charge in [0.05, 0.1) is 12.5 Å². The van der Waals surface area contributed by atoms with Crippen molar-refractivity contribution in [2.75, 3.05) is 19.0 Å². The van der Waals surface area contributed by atoms with Gasteiger partial charge in [0.2, 0.25) is 0 Å². The van der Waals surface area contributed by atoms with E-state index in [-0.39, 0.29) is 18.5 Å². The lowest BCUT2D eigenvalue weighted by Gasteiger charge is -2.14. The summed E-state index contributed by atoms with van der Waals surface area (Å²) in [6.07, 6.45) is 1.52. The number of anilines is 1. The van der Waals surface area contributed by atoms with Crippen LogP contribution in [-0.4, -0.2) is 25.6 Å². The molecule has 2 aromatic carbocycles. The van der Waals surface area contributed by atoms with E-state index in [0.29, 0.717) is 11.4 Å². The molecule has 0 atom stereocenters. The van der Waals surface area contributed by atoms with Gasteiger partial charge in [-0.05, 0) is 42.7 Å². The molecule has 5 heteroatoms. The summed E-state index contributed by atoms with van der Waals surface area (Å²) in [7, 11) is 1.58. The molecule has 124 valence electrons. The number of nitrogens with one attached hydrogen (secondary N) is 1. The van der Waals surface area contributed by atoms with Crippen LogP contribution in [0.4, 0.5) is 5.69 Å². The minimum Gasteiger partial charge on any atom is -0.497 e. The Balaban J connectivity index is 1.53. The smallest absolute Gasteiger partial charge is 0.317 e. The lowest BCUT2D eigenvalue weighted by Crippen LogP contribution is -2.28. The van der Waals surface area contributed by atoms with Gasteiger partial charge < -0.3 is 14.8 Å². The van der Waals surface area contributed by atoms with Gasteiger partial charge >= 0.3 is 5.97 Å². The van der Waals surface area contributed by atoms with Crippen molar-refractivity contribution in [3.8, 4) is 5.75 Å². The van der Waals surface area contributed by atoms with Gasteiger partial charge in [0, 0.05) is 5.69 Å². The highest BCUT2D eigenvalue weighted by atomic mass is 16.5. The van der Waals surface area contributed by atoms with E-state index in [4.69, 9.17) is 9.47 Å². The van der Waals surface area contributed by atoms with Crippen LogP contribution in [0.15, 0.2) is 54.6 Å². The zero-order valence-electron chi connectivity index (χ0n) is 13.5. The van der Waals surface area contributed by atoms with E-state index in [1.54, 1.807) is 31.4 Å². The van der Waals surface area contributed by atoms with Crippen LogP contribution in [-0.2, 0) is 19.7 Å². The van der Waals surface area contributed by atoms with Gasteiger partial charge in [0.1, 0.15) is 5.75 Å². The number of hydrogen-bond donors (Lipinski definition) is 1. The van der Waals surface area contributed by atoms with Crippen molar-refractivity contribution >= 4 is 17.6 Å². The molecule has 1 saturated carbocycles. The quantitative estimate of drug-likeness (QED) is 0.830. The molecule has 1 aliphatic rings. The van der Waals surface area contributed by atoms with Crippen LogP contribution in [0.3, 0.4) is 0 Å². The third-order valence-electron chi connectivity index (χ3n) is 4.18. The molecule has 0 radical (unpaired) electrons. The van der Waals surface area contributed by atoms with Crippen molar-refractivity contribution in [3.63, 3.8) is 0 Å². The van der Waals surface area contributed by atoms with Crippen LogP contribution in [0, 0.1) is 0 Å². The Morgan fingerprint density at radius 2 is 1.71 bits per heavy atom. The van der Waals surface area contributed by atoms with Gasteiger partial charge in [-0.25, -0.2) is 0 Å². The predicted octanol–water partition coefficient (Wildman–Crippen LogP) is 2.91. The molecule has 0 saturated heterocycles. The molecule has 0 aliphatic heterocycles. The molecule has 1 amide bonds. The highest BCUT2D eigenvalue weighted by Gasteiger charge is 2.52. The van der Waals surface area contributed by atoms with Crippen molar-refractivity contribution in [2.24, 2.45) is 0 Å². The Hall–Kier alpha value is -2.82. The molecule has 24 heavy (non-hydrogen) atoms. The van der Waals surface area contributed by atoms with Crippen LogP contribution in [0.25, 0.3) is 0 Å². The number of amides is 1. The topological polar surface area (TPSA) is 64.6 Å². The largest absolute Gasteiger partial charge is 0.497 e. The summed E-state index contributed by atoms with van der Waals surface area (Å²) in [5.74, 6) is 0.00826. The molecular formula is C19H19NO4. The molecule has 1 fully saturated rings. The third kappa shape index (κ3) is 3.40. The average molecular weight is 325 g/mol. The maximum atomic E-state index is 12.3. The Morgan fingerprint density at radius 1 is 1.04 bits per heavy atom. The maximum absolute atomic E-state index is 12.3. The van der Waals surface area contributed by atoms with Crippen molar-refractivity contribution in [3.05, 3.63) is 60.2 Å². The number of carbonyl (C=O) groups is 2. The molecular weight excluding hydrogens is 306 g/mol. The SMILES string of the molecule is COc1ccc(NC(=O)COC(=O)C2(c3ccccc3)CC2)cc1. The minimum atomic E-state index is -0.568. The van der Waals surface area contributed by atoms with Crippen molar-refractivity contribution in [2.45, 2.75) is 18.3 Å². The van der Waals surface area contributed by atoms with Gasteiger partial charge in [-0.3, -0.25) is 9.59 Å². The van der Waals surface area contributed by atoms with Gasteiger partial charge in [0.25, 0.3) is 5.91 Å². The Labute approximate surface area is 140 Å². The van der Waals surface area contributed by atoms with Gasteiger partial charge in [-0.15, -0.1) is 0 Å². The minimum absolute atomic E-state index is 0.292. The fourth-order valence-corrected chi connectivity index (χ4v) is 2.63. The first-order valence-electron chi connectivity index (χ1n) is 7.81. The zero-order chi connectivity index (χ0) is 17.0. The number of rotatable bonds is 6. The Morgan fingerprint density at radius 3 is 2.29 bits per heavy atom. The normalized spacial score (nSPS) is 14.5. The molecule has 3 rings (SSSR count). The van der Waals surface area contributed by atoms with E-state index < -0.39 is 5.41 Å². The fraction of sp³-hybridized carbons (Fsp3) is 0.263. The predicted molar refractivity (Wildman–Crippen MR) is 89.9 cm³/mol. The van der Waals surface area contributed by atoms with Crippen molar-refractivity contribution < 1.29 is 19.1 Å². The van der Waals surface area contributed by atoms with Crippen molar-refractivity contribution in [1.82, 2.24) is 0 Å². The average Bonchev–Trinajstić information content (AvgIpc) is 3.43. The highest BCUT2D eigenvalue weighted by Crippen LogP contribution is 2.49.